The molecule has 3 rings (SSSR count). The maximum atomic E-state index is 12.2. The molecule has 0 radical (unpaired) electrons. The number of para-hydroxylation sites is 2. The Hall–Kier alpha value is -2.72. The highest BCUT2D eigenvalue weighted by Gasteiger charge is 2.20. The predicted molar refractivity (Wildman–Crippen MR) is 103 cm³/mol. The van der Waals surface area contributed by atoms with E-state index in [2.05, 4.69) is 9.97 Å². The van der Waals surface area contributed by atoms with Crippen LogP contribution in [0.25, 0.3) is 16.6 Å². The lowest BCUT2D eigenvalue weighted by Crippen LogP contribution is -2.10. The first-order valence-electron chi connectivity index (χ1n) is 7.50. The van der Waals surface area contributed by atoms with Crippen molar-refractivity contribution in [3.8, 4) is 6.07 Å². The number of aliphatic hydroxyl groups excluding tert-OH is 1. The minimum Gasteiger partial charge on any atom is -0.507 e. The Kier molecular flexibility index (Phi) is 5.57. The number of aliphatic hydroxyl groups is 1. The minimum atomic E-state index is -0.888. The number of aromatic amines is 1. The van der Waals surface area contributed by atoms with Gasteiger partial charge in [0.2, 0.25) is 0 Å². The molecule has 27 heavy (non-hydrogen) atoms. The molecule has 0 saturated carbocycles. The first-order chi connectivity index (χ1) is 12.9. The summed E-state index contributed by atoms with van der Waals surface area (Å²) < 4.78 is 5.02. The first-order valence-corrected chi connectivity index (χ1v) is 8.63. The lowest BCUT2D eigenvalue weighted by molar-refractivity contribution is 0.0503. The molecule has 0 fully saturated rings. The van der Waals surface area contributed by atoms with E-state index in [1.165, 1.54) is 12.1 Å². The number of nitrogens with zero attached hydrogens (tertiary/aromatic N) is 2. The van der Waals surface area contributed by atoms with Crippen molar-refractivity contribution in [2.45, 2.75) is 0 Å². The largest absolute Gasteiger partial charge is 0.507 e. The average Bonchev–Trinajstić information content (AvgIpc) is 3.07. The Labute approximate surface area is 168 Å². The van der Waals surface area contributed by atoms with Crippen molar-refractivity contribution in [3.05, 3.63) is 68.6 Å². The molecule has 1 heterocycles. The number of hydrogen-bond donors (Lipinski definition) is 2. The molecule has 0 unspecified atom stereocenters. The molecule has 0 bridgehead atoms. The maximum absolute atomic E-state index is 12.2. The van der Waals surface area contributed by atoms with Crippen molar-refractivity contribution < 1.29 is 14.6 Å². The Morgan fingerprint density at radius 2 is 1.89 bits per heavy atom. The summed E-state index contributed by atoms with van der Waals surface area (Å²) in [5, 5.41) is 19.7. The fraction of sp³-hybridized carbons (Fsp3) is 0.0556. The number of carbonyl (C=O) groups is 1. The van der Waals surface area contributed by atoms with Gasteiger partial charge in [-0.15, -0.1) is 0 Å². The van der Waals surface area contributed by atoms with Crippen LogP contribution in [0.15, 0.2) is 42.2 Å². The van der Waals surface area contributed by atoms with Crippen molar-refractivity contribution in [2.75, 3.05) is 6.61 Å². The number of H-pyrrole nitrogens is 1. The van der Waals surface area contributed by atoms with Crippen LogP contribution in [0.5, 0.6) is 0 Å². The SMILES string of the molecule is N#C/C(=C(/O)COC(=O)c1c(Cl)ccc(Cl)c1Cl)c1nc2ccccc2[nH]1. The molecule has 0 aliphatic carbocycles. The molecule has 9 heteroatoms. The number of imidazole rings is 1. The van der Waals surface area contributed by atoms with Crippen molar-refractivity contribution in [1.29, 1.82) is 5.26 Å². The number of nitrogens with one attached hydrogen (secondary N) is 1. The highest BCUT2D eigenvalue weighted by Crippen LogP contribution is 2.32. The van der Waals surface area contributed by atoms with Gasteiger partial charge in [0.15, 0.2) is 11.6 Å². The number of allylic oxidation sites excluding steroid dienone is 1. The van der Waals surface area contributed by atoms with Gasteiger partial charge in [0, 0.05) is 0 Å². The molecule has 3 aromatic rings. The quantitative estimate of drug-likeness (QED) is 0.261. The van der Waals surface area contributed by atoms with E-state index in [0.717, 1.165) is 0 Å². The van der Waals surface area contributed by atoms with E-state index >= 15 is 0 Å². The Morgan fingerprint density at radius 1 is 1.19 bits per heavy atom. The third-order valence-corrected chi connectivity index (χ3v) is 4.73. The summed E-state index contributed by atoms with van der Waals surface area (Å²) in [5.41, 5.74) is 1.05. The van der Waals surface area contributed by atoms with Gasteiger partial charge >= 0.3 is 5.97 Å². The molecule has 2 aromatic carbocycles. The zero-order valence-electron chi connectivity index (χ0n) is 13.5. The van der Waals surface area contributed by atoms with Crippen LogP contribution in [-0.2, 0) is 4.74 Å². The number of fused-ring (bicyclic) bond motifs is 1. The number of hydrogen-bond acceptors (Lipinski definition) is 5. The van der Waals surface area contributed by atoms with Crippen LogP contribution in [0.4, 0.5) is 0 Å². The summed E-state index contributed by atoms with van der Waals surface area (Å²) in [6, 6.07) is 11.8. The molecular weight excluding hydrogens is 413 g/mol. The number of nitriles is 1. The third-order valence-electron chi connectivity index (χ3n) is 3.61. The molecule has 0 saturated heterocycles. The van der Waals surface area contributed by atoms with E-state index in [1.807, 2.05) is 6.07 Å². The van der Waals surface area contributed by atoms with Gasteiger partial charge in [-0.3, -0.25) is 0 Å². The Balaban J connectivity index is 1.85. The van der Waals surface area contributed by atoms with Crippen LogP contribution in [0, 0.1) is 11.3 Å². The summed E-state index contributed by atoms with van der Waals surface area (Å²) in [6.45, 7) is -0.571. The van der Waals surface area contributed by atoms with Crippen molar-refractivity contribution >= 4 is 57.4 Å². The maximum Gasteiger partial charge on any atom is 0.341 e. The van der Waals surface area contributed by atoms with Gasteiger partial charge in [-0.05, 0) is 24.3 Å². The van der Waals surface area contributed by atoms with Gasteiger partial charge < -0.3 is 14.8 Å². The highest BCUT2D eigenvalue weighted by atomic mass is 35.5. The molecule has 0 spiro atoms. The van der Waals surface area contributed by atoms with Crippen molar-refractivity contribution in [3.63, 3.8) is 0 Å². The monoisotopic (exact) mass is 421 g/mol. The number of aromatic nitrogens is 2. The van der Waals surface area contributed by atoms with Gasteiger partial charge in [-0.25, -0.2) is 9.78 Å². The van der Waals surface area contributed by atoms with Gasteiger partial charge in [0.25, 0.3) is 0 Å². The first kappa shape index (κ1) is 19.1. The van der Waals surface area contributed by atoms with E-state index in [-0.39, 0.29) is 32.0 Å². The summed E-state index contributed by atoms with van der Waals surface area (Å²) in [4.78, 5) is 19.4. The van der Waals surface area contributed by atoms with Crippen LogP contribution >= 0.6 is 34.8 Å². The smallest absolute Gasteiger partial charge is 0.341 e. The number of ether oxygens (including phenoxy) is 1. The zero-order valence-corrected chi connectivity index (χ0v) is 15.7. The zero-order chi connectivity index (χ0) is 19.6. The summed E-state index contributed by atoms with van der Waals surface area (Å²) >= 11 is 17.8. The Morgan fingerprint density at radius 3 is 2.59 bits per heavy atom. The molecule has 2 N–H and O–H groups in total. The van der Waals surface area contributed by atoms with Gasteiger partial charge in [0.05, 0.1) is 31.7 Å². The normalized spacial score (nSPS) is 11.8. The van der Waals surface area contributed by atoms with Crippen LogP contribution in [0.3, 0.4) is 0 Å². The number of benzene rings is 2. The van der Waals surface area contributed by atoms with E-state index < -0.39 is 18.3 Å². The van der Waals surface area contributed by atoms with Crippen LogP contribution in [-0.4, -0.2) is 27.7 Å². The molecule has 136 valence electrons. The standard InChI is InChI=1S/C18H10Cl3N3O3/c19-10-5-6-11(20)16(21)15(10)18(26)27-8-14(25)9(7-22)17-23-12-3-1-2-4-13(12)24-17/h1-6,25H,8H2,(H,23,24)/b14-9-. The minimum absolute atomic E-state index is 0.0515. The van der Waals surface area contributed by atoms with E-state index in [0.29, 0.717) is 11.0 Å². The second-order valence-electron chi connectivity index (χ2n) is 5.33. The number of rotatable bonds is 4. The predicted octanol–water partition coefficient (Wildman–Crippen LogP) is 5.17. The van der Waals surface area contributed by atoms with Crippen molar-refractivity contribution in [2.24, 2.45) is 0 Å². The van der Waals surface area contributed by atoms with Gasteiger partial charge in [-0.1, -0.05) is 46.9 Å². The van der Waals surface area contributed by atoms with Crippen molar-refractivity contribution in [1.82, 2.24) is 9.97 Å². The second-order valence-corrected chi connectivity index (χ2v) is 6.52. The molecule has 6 nitrogen and oxygen atoms in total. The average molecular weight is 423 g/mol. The fourth-order valence-electron chi connectivity index (χ4n) is 2.32. The molecule has 0 atom stereocenters. The van der Waals surface area contributed by atoms with Crippen LogP contribution in [0.1, 0.15) is 16.2 Å². The lowest BCUT2D eigenvalue weighted by Gasteiger charge is -2.09. The molecule has 0 aliphatic heterocycles. The molecular formula is C18H10Cl3N3O3. The van der Waals surface area contributed by atoms with Crippen LogP contribution in [0.2, 0.25) is 15.1 Å². The number of carbonyl (C=O) groups excluding carboxylic acids is 1. The highest BCUT2D eigenvalue weighted by molar-refractivity contribution is 6.46. The van der Waals surface area contributed by atoms with E-state index in [9.17, 15) is 15.2 Å². The Bertz CT molecular complexity index is 1080. The number of esters is 1. The topological polar surface area (TPSA) is 99.0 Å². The fourth-order valence-corrected chi connectivity index (χ4v) is 3.00. The van der Waals surface area contributed by atoms with Gasteiger partial charge in [0.1, 0.15) is 18.2 Å². The van der Waals surface area contributed by atoms with E-state index in [1.54, 1.807) is 24.3 Å². The summed E-state index contributed by atoms with van der Waals surface area (Å²) in [7, 11) is 0. The molecule has 0 amide bonds. The molecule has 1 aromatic heterocycles. The summed E-state index contributed by atoms with van der Waals surface area (Å²) in [6.07, 6.45) is 0. The van der Waals surface area contributed by atoms with E-state index in [4.69, 9.17) is 39.5 Å². The summed E-state index contributed by atoms with van der Waals surface area (Å²) in [5.74, 6) is -1.20. The number of halogens is 3. The molecule has 0 aliphatic rings. The third kappa shape index (κ3) is 3.86. The second kappa shape index (κ2) is 7.89. The van der Waals surface area contributed by atoms with Crippen LogP contribution < -0.4 is 0 Å². The van der Waals surface area contributed by atoms with Gasteiger partial charge in [-0.2, -0.15) is 5.26 Å². The lowest BCUT2D eigenvalue weighted by atomic mass is 10.2.